The van der Waals surface area contributed by atoms with Crippen LogP contribution in [0.2, 0.25) is 5.02 Å². The SMILES string of the molecule is CN1CCCC(Nc2cccc(Cl)c2C(N)=S)C1. The fraction of sp³-hybridized carbons (Fsp3) is 0.462. The van der Waals surface area contributed by atoms with Gasteiger partial charge in [0.1, 0.15) is 4.99 Å². The second-order valence-corrected chi connectivity index (χ2v) is 5.62. The Morgan fingerprint density at radius 2 is 2.33 bits per heavy atom. The Morgan fingerprint density at radius 3 is 3.00 bits per heavy atom. The van der Waals surface area contributed by atoms with Gasteiger partial charge in [0.25, 0.3) is 0 Å². The van der Waals surface area contributed by atoms with Gasteiger partial charge in [-0.3, -0.25) is 0 Å². The Kier molecular flexibility index (Phi) is 4.43. The summed E-state index contributed by atoms with van der Waals surface area (Å²) in [5.41, 5.74) is 7.44. The number of hydrogen-bond donors (Lipinski definition) is 2. The molecule has 1 aromatic carbocycles. The van der Waals surface area contributed by atoms with Crippen LogP contribution in [-0.4, -0.2) is 36.1 Å². The Hall–Kier alpha value is -0.840. The second-order valence-electron chi connectivity index (χ2n) is 4.77. The Morgan fingerprint density at radius 1 is 1.56 bits per heavy atom. The summed E-state index contributed by atoms with van der Waals surface area (Å²) in [6.07, 6.45) is 2.37. The highest BCUT2D eigenvalue weighted by Crippen LogP contribution is 2.26. The number of hydrogen-bond acceptors (Lipinski definition) is 3. The van der Waals surface area contributed by atoms with Gasteiger partial charge in [-0.2, -0.15) is 0 Å². The van der Waals surface area contributed by atoms with Gasteiger partial charge in [0.05, 0.1) is 10.6 Å². The fourth-order valence-electron chi connectivity index (χ4n) is 2.40. The van der Waals surface area contributed by atoms with Gasteiger partial charge in [-0.05, 0) is 38.6 Å². The number of piperidine rings is 1. The molecule has 0 aromatic heterocycles. The van der Waals surface area contributed by atoms with Crippen molar-refractivity contribution in [1.29, 1.82) is 0 Å². The lowest BCUT2D eigenvalue weighted by Crippen LogP contribution is -2.40. The van der Waals surface area contributed by atoms with Gasteiger partial charge in [0, 0.05) is 18.3 Å². The molecule has 0 amide bonds. The van der Waals surface area contributed by atoms with E-state index in [4.69, 9.17) is 29.6 Å². The maximum Gasteiger partial charge on any atom is 0.107 e. The van der Waals surface area contributed by atoms with Crippen molar-refractivity contribution in [3.8, 4) is 0 Å². The van der Waals surface area contributed by atoms with Gasteiger partial charge >= 0.3 is 0 Å². The Bertz CT molecular complexity index is 450. The molecule has 3 N–H and O–H groups in total. The van der Waals surface area contributed by atoms with E-state index in [0.717, 1.165) is 30.8 Å². The normalized spacial score (nSPS) is 20.7. The van der Waals surface area contributed by atoms with Crippen molar-refractivity contribution in [3.05, 3.63) is 28.8 Å². The highest BCUT2D eigenvalue weighted by molar-refractivity contribution is 7.80. The minimum atomic E-state index is 0.340. The first-order valence-electron chi connectivity index (χ1n) is 6.11. The lowest BCUT2D eigenvalue weighted by molar-refractivity contribution is 0.261. The lowest BCUT2D eigenvalue weighted by atomic mass is 10.0. The Balaban J connectivity index is 2.18. The molecule has 1 unspecified atom stereocenters. The highest BCUT2D eigenvalue weighted by Gasteiger charge is 2.19. The molecule has 5 heteroatoms. The molecule has 1 atom stereocenters. The van der Waals surface area contributed by atoms with Crippen LogP contribution in [0.4, 0.5) is 5.69 Å². The molecule has 0 spiro atoms. The van der Waals surface area contributed by atoms with Crippen molar-refractivity contribution >= 4 is 34.5 Å². The summed E-state index contributed by atoms with van der Waals surface area (Å²) in [4.78, 5) is 2.67. The first-order chi connectivity index (χ1) is 8.58. The van der Waals surface area contributed by atoms with Gasteiger partial charge in [-0.1, -0.05) is 29.9 Å². The number of nitrogens with two attached hydrogens (primary N) is 1. The number of anilines is 1. The van der Waals surface area contributed by atoms with Crippen molar-refractivity contribution in [2.45, 2.75) is 18.9 Å². The maximum absolute atomic E-state index is 6.15. The van der Waals surface area contributed by atoms with Crippen molar-refractivity contribution in [3.63, 3.8) is 0 Å². The predicted molar refractivity (Wildman–Crippen MR) is 81.5 cm³/mol. The van der Waals surface area contributed by atoms with Crippen LogP contribution in [0.3, 0.4) is 0 Å². The third-order valence-electron chi connectivity index (χ3n) is 3.24. The number of benzene rings is 1. The first-order valence-corrected chi connectivity index (χ1v) is 6.90. The van der Waals surface area contributed by atoms with E-state index < -0.39 is 0 Å². The fourth-order valence-corrected chi connectivity index (χ4v) is 2.95. The molecular weight excluding hydrogens is 266 g/mol. The number of nitrogens with zero attached hydrogens (tertiary/aromatic N) is 1. The molecule has 1 fully saturated rings. The summed E-state index contributed by atoms with van der Waals surface area (Å²) < 4.78 is 0. The summed E-state index contributed by atoms with van der Waals surface area (Å²) in [6.45, 7) is 2.19. The topological polar surface area (TPSA) is 41.3 Å². The molecule has 1 aromatic rings. The standard InChI is InChI=1S/C13H18ClN3S/c1-17-7-3-4-9(8-17)16-11-6-2-5-10(14)12(11)13(15)18/h2,5-6,9,16H,3-4,7-8H2,1H3,(H2,15,18). The molecule has 0 aliphatic carbocycles. The third kappa shape index (κ3) is 3.13. The zero-order chi connectivity index (χ0) is 13.1. The molecule has 18 heavy (non-hydrogen) atoms. The lowest BCUT2D eigenvalue weighted by Gasteiger charge is -2.31. The number of likely N-dealkylation sites (tertiary alicyclic amines) is 1. The first kappa shape index (κ1) is 13.6. The summed E-state index contributed by atoms with van der Waals surface area (Å²) >= 11 is 11.2. The van der Waals surface area contributed by atoms with Crippen molar-refractivity contribution < 1.29 is 0 Å². The number of likely N-dealkylation sites (N-methyl/N-ethyl adjacent to an activating group) is 1. The average molecular weight is 284 g/mol. The van der Waals surface area contributed by atoms with Crippen LogP contribution in [0, 0.1) is 0 Å². The molecule has 1 aliphatic rings. The van der Waals surface area contributed by atoms with E-state index in [-0.39, 0.29) is 0 Å². The van der Waals surface area contributed by atoms with Crippen LogP contribution < -0.4 is 11.1 Å². The van der Waals surface area contributed by atoms with E-state index in [1.165, 1.54) is 6.42 Å². The minimum absolute atomic E-state index is 0.340. The van der Waals surface area contributed by atoms with Gasteiger partial charge in [-0.15, -0.1) is 0 Å². The molecular formula is C13H18ClN3S. The summed E-state index contributed by atoms with van der Waals surface area (Å²) in [5.74, 6) is 0. The number of thiocarbonyl (C=S) groups is 1. The molecule has 2 rings (SSSR count). The van der Waals surface area contributed by atoms with Crippen LogP contribution >= 0.6 is 23.8 Å². The highest BCUT2D eigenvalue weighted by atomic mass is 35.5. The van der Waals surface area contributed by atoms with E-state index in [2.05, 4.69) is 17.3 Å². The molecule has 0 saturated carbocycles. The Labute approximate surface area is 118 Å². The summed E-state index contributed by atoms with van der Waals surface area (Å²) in [5, 5.41) is 4.12. The van der Waals surface area contributed by atoms with E-state index in [1.807, 2.05) is 18.2 Å². The quantitative estimate of drug-likeness (QED) is 0.837. The molecule has 98 valence electrons. The average Bonchev–Trinajstić information content (AvgIpc) is 2.28. The van der Waals surface area contributed by atoms with Crippen molar-refractivity contribution in [1.82, 2.24) is 4.90 Å². The van der Waals surface area contributed by atoms with Gasteiger partial charge in [0.15, 0.2) is 0 Å². The van der Waals surface area contributed by atoms with Gasteiger partial charge in [-0.25, -0.2) is 0 Å². The summed E-state index contributed by atoms with van der Waals surface area (Å²) in [7, 11) is 2.14. The van der Waals surface area contributed by atoms with Crippen LogP contribution in [0.1, 0.15) is 18.4 Å². The predicted octanol–water partition coefficient (Wildman–Crippen LogP) is 2.48. The largest absolute Gasteiger partial charge is 0.389 e. The maximum atomic E-state index is 6.15. The third-order valence-corrected chi connectivity index (χ3v) is 3.76. The number of halogens is 1. The van der Waals surface area contributed by atoms with E-state index >= 15 is 0 Å². The van der Waals surface area contributed by atoms with E-state index in [9.17, 15) is 0 Å². The molecule has 1 aliphatic heterocycles. The number of nitrogens with one attached hydrogen (secondary N) is 1. The van der Waals surface area contributed by atoms with Crippen LogP contribution in [0.5, 0.6) is 0 Å². The van der Waals surface area contributed by atoms with E-state index in [0.29, 0.717) is 16.1 Å². The zero-order valence-corrected chi connectivity index (χ0v) is 12.0. The summed E-state index contributed by atoms with van der Waals surface area (Å²) in [6, 6.07) is 6.14. The van der Waals surface area contributed by atoms with Crippen molar-refractivity contribution in [2.24, 2.45) is 5.73 Å². The van der Waals surface area contributed by atoms with E-state index in [1.54, 1.807) is 0 Å². The second kappa shape index (κ2) is 5.87. The molecule has 0 bridgehead atoms. The van der Waals surface area contributed by atoms with Gasteiger partial charge < -0.3 is 16.0 Å². The van der Waals surface area contributed by atoms with Crippen molar-refractivity contribution in [2.75, 3.05) is 25.5 Å². The van der Waals surface area contributed by atoms with Gasteiger partial charge in [0.2, 0.25) is 0 Å². The molecule has 1 saturated heterocycles. The number of rotatable bonds is 3. The van der Waals surface area contributed by atoms with Crippen LogP contribution in [0.15, 0.2) is 18.2 Å². The minimum Gasteiger partial charge on any atom is -0.389 e. The monoisotopic (exact) mass is 283 g/mol. The molecule has 3 nitrogen and oxygen atoms in total. The van der Waals surface area contributed by atoms with Crippen LogP contribution in [-0.2, 0) is 0 Å². The van der Waals surface area contributed by atoms with Crippen LogP contribution in [0.25, 0.3) is 0 Å². The molecule has 0 radical (unpaired) electrons. The zero-order valence-electron chi connectivity index (χ0n) is 10.4. The molecule has 1 heterocycles. The smallest absolute Gasteiger partial charge is 0.107 e.